The number of phenolic OH excluding ortho intramolecular Hbond substituents is 2. The molecular weight excluding hydrogens is 734 g/mol. The maximum atomic E-state index is 13.0. The maximum absolute atomic E-state index is 13.0. The number of hydrogen-bond donors (Lipinski definition) is 2. The van der Waals surface area contributed by atoms with Crippen molar-refractivity contribution >= 4 is 52.4 Å². The van der Waals surface area contributed by atoms with E-state index in [1.165, 1.54) is 47.4 Å². The molecule has 3 atom stereocenters. The molecule has 2 N–H and O–H groups in total. The van der Waals surface area contributed by atoms with E-state index >= 15 is 0 Å². The van der Waals surface area contributed by atoms with E-state index in [0.717, 1.165) is 11.1 Å². The first kappa shape index (κ1) is 54.6. The van der Waals surface area contributed by atoms with Gasteiger partial charge >= 0.3 is 11.9 Å². The highest BCUT2D eigenvalue weighted by Crippen LogP contribution is 2.41. The largest absolute Gasteiger partial charge is 0.508 e. The Balaban J connectivity index is -0.000000906. The van der Waals surface area contributed by atoms with E-state index in [4.69, 9.17) is 21.1 Å². The van der Waals surface area contributed by atoms with Crippen molar-refractivity contribution in [1.29, 1.82) is 0 Å². The van der Waals surface area contributed by atoms with Crippen LogP contribution in [0.15, 0.2) is 103 Å². The molecule has 56 heavy (non-hydrogen) atoms. The second-order valence-electron chi connectivity index (χ2n) is 11.3. The predicted molar refractivity (Wildman–Crippen MR) is 228 cm³/mol. The predicted octanol–water partition coefficient (Wildman–Crippen LogP) is 11.1. The summed E-state index contributed by atoms with van der Waals surface area (Å²) >= 11 is 5.35. The van der Waals surface area contributed by atoms with Crippen LogP contribution in [0.25, 0.3) is 6.08 Å². The number of hydrogen-bond acceptors (Lipinski definition) is 9. The van der Waals surface area contributed by atoms with Crippen LogP contribution >= 0.6 is 11.6 Å². The van der Waals surface area contributed by atoms with Gasteiger partial charge in [0, 0.05) is 17.6 Å². The minimum atomic E-state index is -0.579. The van der Waals surface area contributed by atoms with E-state index in [-0.39, 0.29) is 73.8 Å². The zero-order valence-electron chi connectivity index (χ0n) is 27.6. The average Bonchev–Trinajstić information content (AvgIpc) is 3.33. The minimum Gasteiger partial charge on any atom is -0.508 e. The van der Waals surface area contributed by atoms with Crippen molar-refractivity contribution in [2.45, 2.75) is 77.7 Å². The minimum absolute atomic E-state index is 0. The summed E-state index contributed by atoms with van der Waals surface area (Å²) in [6, 6.07) is 25.3. The van der Waals surface area contributed by atoms with Gasteiger partial charge in [-0.2, -0.15) is 0 Å². The van der Waals surface area contributed by atoms with Crippen molar-refractivity contribution in [1.82, 2.24) is 0 Å². The number of nitrogens with zero attached hydrogens (tertiary/aromatic N) is 1. The zero-order valence-corrected chi connectivity index (χ0v) is 28.4. The van der Waals surface area contributed by atoms with Gasteiger partial charge < -0.3 is 19.7 Å². The number of carbonyl (C=O) groups excluding carboxylic acids is 5. The van der Waals surface area contributed by atoms with Crippen LogP contribution in [0.1, 0.15) is 110 Å². The number of ether oxygens (including phenoxy) is 2. The van der Waals surface area contributed by atoms with Gasteiger partial charge in [0.05, 0.1) is 23.8 Å². The summed E-state index contributed by atoms with van der Waals surface area (Å²) in [6.45, 7) is 5.82. The Kier molecular flexibility index (Phi) is 24.7. The fraction of sp³-hybridized carbons (Fsp3) is 0.311. The lowest BCUT2D eigenvalue weighted by molar-refractivity contribution is -0.137. The lowest BCUT2D eigenvalue weighted by Crippen LogP contribution is -2.31. The molecular formula is C45H60ClNO9. The Morgan fingerprint density at radius 3 is 1.71 bits per heavy atom. The van der Waals surface area contributed by atoms with Gasteiger partial charge in [-0.1, -0.05) is 82.7 Å². The van der Waals surface area contributed by atoms with Gasteiger partial charge in [0.2, 0.25) is 11.8 Å². The number of benzene rings is 4. The standard InChI is InChI=1S/C20H21NO4.C19H15ClO5.6CH4/c1-3-17(13-4-8-15(22)9-5-13)18-12(2)19(24)21(20(18)25)14-6-10-16(23)11-7-14;1-2-24-17(21)12-5-13-3-6-15(7-4-13)19(23)25-16-10-8-14(9-11-16)18(20)22;;;;;;/h4-12,17-18,22-23H,3H2,1-2H3;3-12H,2H2,1H3;6*1H4/b;12-5+;;;;;;. The molecule has 0 radical (unpaired) electrons. The fourth-order valence-corrected chi connectivity index (χ4v) is 5.65. The fourth-order valence-electron chi connectivity index (χ4n) is 5.53. The van der Waals surface area contributed by atoms with Gasteiger partial charge in [-0.05, 0) is 121 Å². The summed E-state index contributed by atoms with van der Waals surface area (Å²) in [5, 5.41) is 18.3. The molecule has 10 nitrogen and oxygen atoms in total. The molecule has 4 aromatic carbocycles. The van der Waals surface area contributed by atoms with Crippen LogP contribution in [0, 0.1) is 11.8 Å². The van der Waals surface area contributed by atoms with Gasteiger partial charge in [-0.25, -0.2) is 9.59 Å². The number of esters is 2. The number of amides is 2. The number of rotatable bonds is 10. The van der Waals surface area contributed by atoms with Crippen molar-refractivity contribution in [3.63, 3.8) is 0 Å². The van der Waals surface area contributed by atoms with E-state index in [1.807, 2.05) is 6.92 Å². The Morgan fingerprint density at radius 1 is 0.732 bits per heavy atom. The number of imide groups is 1. The molecule has 3 unspecified atom stereocenters. The molecule has 2 amide bonds. The molecule has 1 heterocycles. The molecule has 1 fully saturated rings. The van der Waals surface area contributed by atoms with Crippen LogP contribution in [0.5, 0.6) is 17.2 Å². The van der Waals surface area contributed by atoms with Crippen molar-refractivity contribution in [3.8, 4) is 17.2 Å². The quantitative estimate of drug-likeness (QED) is 0.0526. The van der Waals surface area contributed by atoms with E-state index in [1.54, 1.807) is 80.6 Å². The van der Waals surface area contributed by atoms with Crippen LogP contribution in [0.3, 0.4) is 0 Å². The van der Waals surface area contributed by atoms with Crippen LogP contribution in [-0.2, 0) is 19.1 Å². The molecule has 0 bridgehead atoms. The normalized spacial score (nSPS) is 14.3. The van der Waals surface area contributed by atoms with E-state index in [9.17, 15) is 34.2 Å². The van der Waals surface area contributed by atoms with E-state index in [0.29, 0.717) is 35.6 Å². The molecule has 0 aliphatic carbocycles. The Morgan fingerprint density at radius 2 is 1.23 bits per heavy atom. The van der Waals surface area contributed by atoms with E-state index in [2.05, 4.69) is 0 Å². The monoisotopic (exact) mass is 793 g/mol. The van der Waals surface area contributed by atoms with Gasteiger partial charge in [-0.3, -0.25) is 19.3 Å². The highest BCUT2D eigenvalue weighted by atomic mass is 35.5. The molecule has 1 aliphatic rings. The van der Waals surface area contributed by atoms with Crippen molar-refractivity contribution < 1.29 is 43.7 Å². The Labute approximate surface area is 338 Å². The molecule has 1 saturated heterocycles. The van der Waals surface area contributed by atoms with Crippen molar-refractivity contribution in [3.05, 3.63) is 125 Å². The van der Waals surface area contributed by atoms with Crippen molar-refractivity contribution in [2.24, 2.45) is 11.8 Å². The van der Waals surface area contributed by atoms with Crippen LogP contribution < -0.4 is 9.64 Å². The van der Waals surface area contributed by atoms with Crippen molar-refractivity contribution in [2.75, 3.05) is 11.5 Å². The molecule has 0 spiro atoms. The summed E-state index contributed by atoms with van der Waals surface area (Å²) in [5.74, 6) is -1.83. The molecule has 1 aliphatic heterocycles. The van der Waals surface area contributed by atoms with E-state index < -0.39 is 29.0 Å². The molecule has 4 aromatic rings. The zero-order chi connectivity index (χ0) is 36.4. The summed E-state index contributed by atoms with van der Waals surface area (Å²) in [5.41, 5.74) is 2.83. The Hall–Kier alpha value is -5.74. The summed E-state index contributed by atoms with van der Waals surface area (Å²) in [7, 11) is 0. The number of halogens is 1. The SMILES string of the molecule is C.C.C.C.C.C.CCC(c1ccc(O)cc1)C1C(=O)N(c2ccc(O)cc2)C(=O)C1C.CCOC(=O)/C=C/c1ccc(C(=O)Oc2ccc(C(=O)Cl)cc2)cc1. The third-order valence-electron chi connectivity index (χ3n) is 8.09. The average molecular weight is 794 g/mol. The topological polar surface area (TPSA) is 148 Å². The molecule has 0 saturated carbocycles. The third-order valence-corrected chi connectivity index (χ3v) is 8.31. The van der Waals surface area contributed by atoms with Gasteiger partial charge in [-0.15, -0.1) is 0 Å². The number of carbonyl (C=O) groups is 5. The maximum Gasteiger partial charge on any atom is 0.343 e. The summed E-state index contributed by atoms with van der Waals surface area (Å²) < 4.78 is 10.0. The number of anilines is 1. The van der Waals surface area contributed by atoms with Gasteiger partial charge in [0.15, 0.2) is 0 Å². The van der Waals surface area contributed by atoms with Crippen LogP contribution in [0.2, 0.25) is 0 Å². The highest BCUT2D eigenvalue weighted by molar-refractivity contribution is 6.67. The highest BCUT2D eigenvalue weighted by Gasteiger charge is 2.49. The second-order valence-corrected chi connectivity index (χ2v) is 11.7. The first-order valence-corrected chi connectivity index (χ1v) is 16.2. The first-order chi connectivity index (χ1) is 23.9. The van der Waals surface area contributed by atoms with Crippen LogP contribution in [0.4, 0.5) is 5.69 Å². The first-order valence-electron chi connectivity index (χ1n) is 15.9. The Bertz CT molecular complexity index is 1850. The van der Waals surface area contributed by atoms with Gasteiger partial charge in [0.1, 0.15) is 17.2 Å². The lowest BCUT2D eigenvalue weighted by Gasteiger charge is -2.23. The molecule has 0 aromatic heterocycles. The smallest absolute Gasteiger partial charge is 0.343 e. The summed E-state index contributed by atoms with van der Waals surface area (Å²) in [4.78, 5) is 61.3. The number of phenols is 2. The number of aromatic hydroxyl groups is 2. The molecule has 11 heteroatoms. The third kappa shape index (κ3) is 13.8. The van der Waals surface area contributed by atoms with Crippen LogP contribution in [-0.4, -0.2) is 45.8 Å². The molecule has 5 rings (SSSR count). The summed E-state index contributed by atoms with van der Waals surface area (Å²) in [6.07, 6.45) is 3.62. The van der Waals surface area contributed by atoms with Gasteiger partial charge in [0.25, 0.3) is 5.24 Å². The second kappa shape index (κ2) is 25.4. The lowest BCUT2D eigenvalue weighted by atomic mass is 9.78. The molecule has 306 valence electrons.